The van der Waals surface area contributed by atoms with Crippen molar-refractivity contribution in [2.45, 2.75) is 6.92 Å². The van der Waals surface area contributed by atoms with Crippen LogP contribution >= 0.6 is 0 Å². The Morgan fingerprint density at radius 1 is 1.24 bits per heavy atom. The lowest BCUT2D eigenvalue weighted by atomic mass is 10.1. The molecule has 2 aromatic rings. The maximum atomic E-state index is 5.17. The normalized spacial score (nSPS) is 10.9. The van der Waals surface area contributed by atoms with Crippen LogP contribution in [-0.4, -0.2) is 17.2 Å². The molecular weight excluding hydrogens is 214 g/mol. The van der Waals surface area contributed by atoms with Crippen LogP contribution in [0, 0.1) is 6.92 Å². The standard InChI is InChI=1S/C12H13N5/c1-8-2-4-10-6-9(3-5-11(10)16-8)7-15-17-12(13)14/h2-7H,1H3,(H4,13,14,17)/b15-7+. The van der Waals surface area contributed by atoms with Gasteiger partial charge >= 0.3 is 0 Å². The van der Waals surface area contributed by atoms with Gasteiger partial charge in [0.25, 0.3) is 0 Å². The number of rotatable bonds is 2. The van der Waals surface area contributed by atoms with Crippen LogP contribution in [0.2, 0.25) is 0 Å². The summed E-state index contributed by atoms with van der Waals surface area (Å²) in [4.78, 5) is 4.41. The monoisotopic (exact) mass is 227 g/mol. The molecule has 0 spiro atoms. The second-order valence-corrected chi connectivity index (χ2v) is 3.67. The zero-order valence-electron chi connectivity index (χ0n) is 9.46. The third-order valence-electron chi connectivity index (χ3n) is 2.23. The van der Waals surface area contributed by atoms with Gasteiger partial charge in [-0.3, -0.25) is 4.98 Å². The lowest BCUT2D eigenvalue weighted by Gasteiger charge is -1.99. The van der Waals surface area contributed by atoms with E-state index in [0.717, 1.165) is 22.2 Å². The molecule has 0 atom stereocenters. The fourth-order valence-electron chi connectivity index (χ4n) is 1.49. The van der Waals surface area contributed by atoms with E-state index in [2.05, 4.69) is 15.2 Å². The van der Waals surface area contributed by atoms with Gasteiger partial charge in [-0.15, -0.1) is 5.10 Å². The van der Waals surface area contributed by atoms with Crippen molar-refractivity contribution in [1.82, 2.24) is 4.98 Å². The van der Waals surface area contributed by atoms with Crippen LogP contribution in [0.15, 0.2) is 40.5 Å². The van der Waals surface area contributed by atoms with Crippen molar-refractivity contribution < 1.29 is 0 Å². The minimum absolute atomic E-state index is 0.0562. The van der Waals surface area contributed by atoms with E-state index >= 15 is 0 Å². The molecule has 0 saturated heterocycles. The number of guanidine groups is 1. The maximum absolute atomic E-state index is 5.17. The molecule has 0 radical (unpaired) electrons. The molecule has 0 amide bonds. The Labute approximate surface area is 98.9 Å². The third kappa shape index (κ3) is 2.78. The smallest absolute Gasteiger partial charge is 0.211 e. The summed E-state index contributed by atoms with van der Waals surface area (Å²) in [6.07, 6.45) is 1.60. The molecule has 0 unspecified atom stereocenters. The number of aromatic nitrogens is 1. The topological polar surface area (TPSA) is 89.6 Å². The fraction of sp³-hybridized carbons (Fsp3) is 0.0833. The predicted octanol–water partition coefficient (Wildman–Crippen LogP) is 1.15. The Morgan fingerprint density at radius 3 is 2.82 bits per heavy atom. The summed E-state index contributed by atoms with van der Waals surface area (Å²) in [5.41, 5.74) is 13.2. The third-order valence-corrected chi connectivity index (χ3v) is 2.23. The zero-order valence-corrected chi connectivity index (χ0v) is 9.46. The fourth-order valence-corrected chi connectivity index (χ4v) is 1.49. The summed E-state index contributed by atoms with van der Waals surface area (Å²) in [7, 11) is 0. The molecule has 1 aromatic heterocycles. The average molecular weight is 227 g/mol. The molecule has 0 fully saturated rings. The van der Waals surface area contributed by atoms with E-state index in [1.54, 1.807) is 6.21 Å². The Hall–Kier alpha value is -2.43. The van der Waals surface area contributed by atoms with Crippen molar-refractivity contribution in [3.8, 4) is 0 Å². The van der Waals surface area contributed by atoms with Gasteiger partial charge in [-0.25, -0.2) is 0 Å². The first-order chi connectivity index (χ1) is 8.15. The molecule has 2 rings (SSSR count). The van der Waals surface area contributed by atoms with Gasteiger partial charge in [-0.2, -0.15) is 5.10 Å². The summed E-state index contributed by atoms with van der Waals surface area (Å²) < 4.78 is 0. The lowest BCUT2D eigenvalue weighted by Crippen LogP contribution is -2.21. The molecule has 0 bridgehead atoms. The number of hydrogen-bond donors (Lipinski definition) is 2. The summed E-state index contributed by atoms with van der Waals surface area (Å²) in [5.74, 6) is -0.0562. The van der Waals surface area contributed by atoms with Crippen molar-refractivity contribution in [2.24, 2.45) is 21.7 Å². The lowest BCUT2D eigenvalue weighted by molar-refractivity contribution is 1.21. The van der Waals surface area contributed by atoms with Crippen molar-refractivity contribution in [3.05, 3.63) is 41.6 Å². The molecule has 5 nitrogen and oxygen atoms in total. The van der Waals surface area contributed by atoms with Crippen LogP contribution in [0.3, 0.4) is 0 Å². The number of aryl methyl sites for hydroxylation is 1. The van der Waals surface area contributed by atoms with Crippen LogP contribution in [0.1, 0.15) is 11.3 Å². The van der Waals surface area contributed by atoms with E-state index in [1.807, 2.05) is 37.3 Å². The van der Waals surface area contributed by atoms with Gasteiger partial charge in [0.15, 0.2) is 0 Å². The molecule has 17 heavy (non-hydrogen) atoms. The van der Waals surface area contributed by atoms with Gasteiger partial charge in [-0.05, 0) is 30.7 Å². The Bertz CT molecular complexity index is 597. The molecule has 0 saturated carbocycles. The molecule has 0 aliphatic rings. The van der Waals surface area contributed by atoms with Crippen molar-refractivity contribution in [2.75, 3.05) is 0 Å². The van der Waals surface area contributed by atoms with E-state index < -0.39 is 0 Å². The highest BCUT2D eigenvalue weighted by molar-refractivity contribution is 5.89. The number of fused-ring (bicyclic) bond motifs is 1. The van der Waals surface area contributed by atoms with Crippen LogP contribution in [-0.2, 0) is 0 Å². The SMILES string of the molecule is Cc1ccc2cc(/C=N/N=C(N)N)ccc2n1. The van der Waals surface area contributed by atoms with Crippen LogP contribution in [0.5, 0.6) is 0 Å². The largest absolute Gasteiger partial charge is 0.369 e. The average Bonchev–Trinajstić information content (AvgIpc) is 2.29. The quantitative estimate of drug-likeness (QED) is 0.458. The van der Waals surface area contributed by atoms with Gasteiger partial charge in [0, 0.05) is 11.1 Å². The number of benzene rings is 1. The molecule has 1 heterocycles. The van der Waals surface area contributed by atoms with Gasteiger partial charge in [0.1, 0.15) is 0 Å². The molecule has 5 heteroatoms. The Kier molecular flexibility index (Phi) is 3.00. The molecule has 1 aromatic carbocycles. The second-order valence-electron chi connectivity index (χ2n) is 3.67. The van der Waals surface area contributed by atoms with E-state index in [0.29, 0.717) is 0 Å². The van der Waals surface area contributed by atoms with Gasteiger partial charge in [0.2, 0.25) is 5.96 Å². The van der Waals surface area contributed by atoms with E-state index in [4.69, 9.17) is 11.5 Å². The van der Waals surface area contributed by atoms with Crippen LogP contribution in [0.4, 0.5) is 0 Å². The van der Waals surface area contributed by atoms with Gasteiger partial charge < -0.3 is 11.5 Å². The second kappa shape index (κ2) is 4.61. The summed E-state index contributed by atoms with van der Waals surface area (Å²) in [6, 6.07) is 9.84. The van der Waals surface area contributed by atoms with Crippen molar-refractivity contribution >= 4 is 23.1 Å². The maximum Gasteiger partial charge on any atom is 0.211 e. The van der Waals surface area contributed by atoms with Crippen LogP contribution < -0.4 is 11.5 Å². The highest BCUT2D eigenvalue weighted by atomic mass is 15.3. The first-order valence-electron chi connectivity index (χ1n) is 5.14. The summed E-state index contributed by atoms with van der Waals surface area (Å²) in [6.45, 7) is 1.97. The van der Waals surface area contributed by atoms with E-state index in [1.165, 1.54) is 0 Å². The summed E-state index contributed by atoms with van der Waals surface area (Å²) in [5, 5.41) is 8.36. The molecular formula is C12H13N5. The predicted molar refractivity (Wildman–Crippen MR) is 69.9 cm³/mol. The van der Waals surface area contributed by atoms with Gasteiger partial charge in [-0.1, -0.05) is 12.1 Å². The minimum Gasteiger partial charge on any atom is -0.369 e. The molecule has 86 valence electrons. The van der Waals surface area contributed by atoms with E-state index in [9.17, 15) is 0 Å². The first kappa shape index (κ1) is 11.1. The van der Waals surface area contributed by atoms with Gasteiger partial charge in [0.05, 0.1) is 11.7 Å². The van der Waals surface area contributed by atoms with E-state index in [-0.39, 0.29) is 5.96 Å². The first-order valence-corrected chi connectivity index (χ1v) is 5.14. The highest BCUT2D eigenvalue weighted by Gasteiger charge is 1.96. The minimum atomic E-state index is -0.0562. The summed E-state index contributed by atoms with van der Waals surface area (Å²) >= 11 is 0. The number of hydrogen-bond acceptors (Lipinski definition) is 3. The van der Waals surface area contributed by atoms with Crippen molar-refractivity contribution in [1.29, 1.82) is 0 Å². The van der Waals surface area contributed by atoms with Crippen LogP contribution in [0.25, 0.3) is 10.9 Å². The van der Waals surface area contributed by atoms with Crippen molar-refractivity contribution in [3.63, 3.8) is 0 Å². The molecule has 4 N–H and O–H groups in total. The molecule has 0 aliphatic heterocycles. The Balaban J connectivity index is 2.35. The Morgan fingerprint density at radius 2 is 2.06 bits per heavy atom. The number of pyridine rings is 1. The number of nitrogens with two attached hydrogens (primary N) is 2. The number of nitrogens with zero attached hydrogens (tertiary/aromatic N) is 3. The zero-order chi connectivity index (χ0) is 12.3. The molecule has 0 aliphatic carbocycles. The highest BCUT2D eigenvalue weighted by Crippen LogP contribution is 2.13.